The number of benzene rings is 1. The molecule has 2 heterocycles. The molecule has 2 atom stereocenters. The number of aryl methyl sites for hydroxylation is 2. The van der Waals surface area contributed by atoms with E-state index in [1.165, 1.54) is 13.8 Å². The molecule has 2 aromatic rings. The number of ketones is 2. The van der Waals surface area contributed by atoms with E-state index in [9.17, 15) is 19.2 Å². The molecule has 0 bridgehead atoms. The second-order valence-corrected chi connectivity index (χ2v) is 8.25. The third kappa shape index (κ3) is 4.17. The van der Waals surface area contributed by atoms with Crippen LogP contribution in [0.2, 0.25) is 0 Å². The first kappa shape index (κ1) is 22.5. The highest BCUT2D eigenvalue weighted by Gasteiger charge is 2.38. The Balaban J connectivity index is 1.71. The molecule has 0 unspecified atom stereocenters. The first-order chi connectivity index (χ1) is 14.5. The molecule has 1 fully saturated rings. The van der Waals surface area contributed by atoms with Crippen molar-refractivity contribution in [3.05, 3.63) is 51.8 Å². The molecule has 1 aromatic heterocycles. The number of hydrogen-bond acceptors (Lipinski definition) is 5. The van der Waals surface area contributed by atoms with Gasteiger partial charge in [-0.1, -0.05) is 12.1 Å². The maximum Gasteiger partial charge on any atom is 0.312 e. The molecule has 164 valence electrons. The first-order valence-corrected chi connectivity index (χ1v) is 10.3. The molecule has 0 aliphatic carbocycles. The van der Waals surface area contributed by atoms with Crippen LogP contribution in [-0.4, -0.2) is 41.1 Å². The lowest BCUT2D eigenvalue weighted by atomic mass is 10.0. The molecule has 1 aliphatic rings. The number of esters is 1. The summed E-state index contributed by atoms with van der Waals surface area (Å²) >= 11 is 0. The van der Waals surface area contributed by atoms with E-state index in [1.807, 2.05) is 32.0 Å². The minimum atomic E-state index is -1.03. The number of amides is 1. The molecule has 31 heavy (non-hydrogen) atoms. The number of ether oxygens (including phenoxy) is 1. The smallest absolute Gasteiger partial charge is 0.312 e. The minimum Gasteiger partial charge on any atom is -0.454 e. The van der Waals surface area contributed by atoms with Crippen LogP contribution in [0.4, 0.5) is 5.69 Å². The van der Waals surface area contributed by atoms with E-state index >= 15 is 0 Å². The van der Waals surface area contributed by atoms with Crippen LogP contribution >= 0.6 is 0 Å². The van der Waals surface area contributed by atoms with Crippen molar-refractivity contribution in [2.24, 2.45) is 5.92 Å². The number of H-pyrrole nitrogens is 1. The zero-order chi connectivity index (χ0) is 23.0. The summed E-state index contributed by atoms with van der Waals surface area (Å²) in [6.07, 6.45) is -0.990. The summed E-state index contributed by atoms with van der Waals surface area (Å²) in [4.78, 5) is 54.5. The molecule has 7 heteroatoms. The van der Waals surface area contributed by atoms with E-state index in [1.54, 1.807) is 18.7 Å². The zero-order valence-electron chi connectivity index (χ0n) is 18.8. The Hall–Kier alpha value is -3.22. The van der Waals surface area contributed by atoms with Gasteiger partial charge in [0.1, 0.15) is 0 Å². The van der Waals surface area contributed by atoms with Crippen molar-refractivity contribution >= 4 is 29.1 Å². The number of anilines is 1. The highest BCUT2D eigenvalue weighted by molar-refractivity contribution is 6.05. The number of carbonyl (C=O) groups excluding carboxylic acids is 4. The maximum atomic E-state index is 12.8. The molecule has 0 saturated carbocycles. The molecular weight excluding hydrogens is 396 g/mol. The maximum absolute atomic E-state index is 12.8. The molecule has 1 aromatic carbocycles. The fourth-order valence-corrected chi connectivity index (χ4v) is 4.18. The van der Waals surface area contributed by atoms with Crippen LogP contribution in [0.3, 0.4) is 0 Å². The lowest BCUT2D eigenvalue weighted by Crippen LogP contribution is -2.31. The predicted octanol–water partition coefficient (Wildman–Crippen LogP) is 3.62. The Morgan fingerprint density at radius 3 is 2.42 bits per heavy atom. The number of carbonyl (C=O) groups is 4. The van der Waals surface area contributed by atoms with Crippen molar-refractivity contribution < 1.29 is 23.9 Å². The second kappa shape index (κ2) is 8.49. The van der Waals surface area contributed by atoms with E-state index in [0.717, 1.165) is 16.8 Å². The Morgan fingerprint density at radius 2 is 1.81 bits per heavy atom. The summed E-state index contributed by atoms with van der Waals surface area (Å²) in [7, 11) is 0. The van der Waals surface area contributed by atoms with Crippen molar-refractivity contribution in [1.29, 1.82) is 0 Å². The van der Waals surface area contributed by atoms with Gasteiger partial charge in [-0.25, -0.2) is 0 Å². The summed E-state index contributed by atoms with van der Waals surface area (Å²) in [5, 5.41) is 0. The number of hydrogen-bond donors (Lipinski definition) is 1. The highest BCUT2D eigenvalue weighted by Crippen LogP contribution is 2.30. The number of rotatable bonds is 6. The third-order valence-corrected chi connectivity index (χ3v) is 6.02. The lowest BCUT2D eigenvalue weighted by molar-refractivity contribution is -0.151. The first-order valence-electron chi connectivity index (χ1n) is 10.3. The average molecular weight is 424 g/mol. The van der Waals surface area contributed by atoms with Gasteiger partial charge < -0.3 is 14.6 Å². The summed E-state index contributed by atoms with van der Waals surface area (Å²) in [5.41, 5.74) is 4.76. The van der Waals surface area contributed by atoms with Crippen molar-refractivity contribution in [3.8, 4) is 0 Å². The summed E-state index contributed by atoms with van der Waals surface area (Å²) in [6.45, 7) is 10.5. The van der Waals surface area contributed by atoms with Gasteiger partial charge in [0.05, 0.1) is 11.6 Å². The molecule has 1 amide bonds. The van der Waals surface area contributed by atoms with Crippen LogP contribution < -0.4 is 4.90 Å². The Bertz CT molecular complexity index is 1080. The second-order valence-electron chi connectivity index (χ2n) is 8.25. The largest absolute Gasteiger partial charge is 0.454 e. The Labute approximate surface area is 181 Å². The number of aromatic amines is 1. The predicted molar refractivity (Wildman–Crippen MR) is 117 cm³/mol. The van der Waals surface area contributed by atoms with Crippen LogP contribution in [-0.2, 0) is 14.3 Å². The van der Waals surface area contributed by atoms with E-state index in [4.69, 9.17) is 4.74 Å². The Morgan fingerprint density at radius 1 is 1.13 bits per heavy atom. The summed E-state index contributed by atoms with van der Waals surface area (Å²) in [5.74, 6) is -1.89. The molecule has 7 nitrogen and oxygen atoms in total. The zero-order valence-corrected chi connectivity index (χ0v) is 18.8. The van der Waals surface area contributed by atoms with Gasteiger partial charge in [-0.3, -0.25) is 19.2 Å². The normalized spacial score (nSPS) is 17.0. The number of Topliss-reactive ketones (excluding diaryl/α,β-unsaturated/α-hetero) is 2. The lowest BCUT2D eigenvalue weighted by Gasteiger charge is -2.20. The van der Waals surface area contributed by atoms with Gasteiger partial charge in [0.2, 0.25) is 11.7 Å². The standard InChI is InChI=1S/C24H28N2O5/c1-12-8-7-9-19(13(12)2)26-11-18(10-20(26)28)24(30)31-17(6)23(29)22-14(3)21(16(5)27)15(4)25-22/h7-9,17-18,25H,10-11H2,1-6H3/t17-,18+/m1/s1. The van der Waals surface area contributed by atoms with Crippen LogP contribution in [0, 0.1) is 33.6 Å². The van der Waals surface area contributed by atoms with Crippen molar-refractivity contribution in [3.63, 3.8) is 0 Å². The van der Waals surface area contributed by atoms with Gasteiger partial charge in [-0.2, -0.15) is 0 Å². The number of nitrogens with zero attached hydrogens (tertiary/aromatic N) is 1. The molecule has 0 spiro atoms. The quantitative estimate of drug-likeness (QED) is 0.564. The van der Waals surface area contributed by atoms with Gasteiger partial charge in [-0.15, -0.1) is 0 Å². The van der Waals surface area contributed by atoms with Crippen molar-refractivity contribution in [1.82, 2.24) is 4.98 Å². The van der Waals surface area contributed by atoms with Crippen LogP contribution in [0.15, 0.2) is 18.2 Å². The topological polar surface area (TPSA) is 96.5 Å². The molecule has 1 aliphatic heterocycles. The van der Waals surface area contributed by atoms with Gasteiger partial charge in [0, 0.05) is 29.9 Å². The molecule has 1 saturated heterocycles. The molecule has 0 radical (unpaired) electrons. The van der Waals surface area contributed by atoms with Crippen molar-refractivity contribution in [2.75, 3.05) is 11.4 Å². The average Bonchev–Trinajstić information content (AvgIpc) is 3.22. The minimum absolute atomic E-state index is 0.0439. The Kier molecular flexibility index (Phi) is 6.15. The van der Waals surface area contributed by atoms with Crippen LogP contribution in [0.1, 0.15) is 63.5 Å². The fourth-order valence-electron chi connectivity index (χ4n) is 4.18. The van der Waals surface area contributed by atoms with Crippen LogP contribution in [0.25, 0.3) is 0 Å². The number of nitrogens with one attached hydrogen (secondary N) is 1. The van der Waals surface area contributed by atoms with E-state index < -0.39 is 23.8 Å². The monoisotopic (exact) mass is 424 g/mol. The SMILES string of the molecule is CC(=O)c1c(C)[nH]c(C(=O)[C@@H](C)OC(=O)[C@H]2CC(=O)N(c3cccc(C)c3C)C2)c1C. The highest BCUT2D eigenvalue weighted by atomic mass is 16.5. The molecule has 3 rings (SSSR count). The van der Waals surface area contributed by atoms with Gasteiger partial charge in [0.25, 0.3) is 0 Å². The molecule has 1 N–H and O–H groups in total. The number of aromatic nitrogens is 1. The van der Waals surface area contributed by atoms with Gasteiger partial charge in [0.15, 0.2) is 11.9 Å². The van der Waals surface area contributed by atoms with Crippen molar-refractivity contribution in [2.45, 2.75) is 54.1 Å². The fraction of sp³-hybridized carbons (Fsp3) is 0.417. The summed E-state index contributed by atoms with van der Waals surface area (Å²) < 4.78 is 5.43. The molecular formula is C24H28N2O5. The van der Waals surface area contributed by atoms with Gasteiger partial charge >= 0.3 is 5.97 Å². The van der Waals surface area contributed by atoms with E-state index in [2.05, 4.69) is 4.98 Å². The van der Waals surface area contributed by atoms with E-state index in [-0.39, 0.29) is 30.3 Å². The summed E-state index contributed by atoms with van der Waals surface area (Å²) in [6, 6.07) is 5.72. The van der Waals surface area contributed by atoms with Crippen LogP contribution in [0.5, 0.6) is 0 Å². The third-order valence-electron chi connectivity index (χ3n) is 6.02. The van der Waals surface area contributed by atoms with Gasteiger partial charge in [-0.05, 0) is 64.3 Å². The van der Waals surface area contributed by atoms with E-state index in [0.29, 0.717) is 16.8 Å².